The van der Waals surface area contributed by atoms with E-state index in [4.69, 9.17) is 5.11 Å². The van der Waals surface area contributed by atoms with Crippen LogP contribution in [0, 0.1) is 0 Å². The SMILES string of the molecule is OCCN=Nc1c(O)[nH]c2ccccc12. The van der Waals surface area contributed by atoms with Crippen molar-refractivity contribution in [3.63, 3.8) is 0 Å². The van der Waals surface area contributed by atoms with E-state index in [-0.39, 0.29) is 19.0 Å². The average molecular weight is 205 g/mol. The van der Waals surface area contributed by atoms with Crippen LogP contribution in [0.5, 0.6) is 5.88 Å². The average Bonchev–Trinajstić information content (AvgIpc) is 2.56. The van der Waals surface area contributed by atoms with Crippen molar-refractivity contribution in [1.29, 1.82) is 0 Å². The Bertz CT molecular complexity index is 490. The molecule has 0 bridgehead atoms. The minimum Gasteiger partial charge on any atom is -0.493 e. The van der Waals surface area contributed by atoms with E-state index in [0.29, 0.717) is 5.69 Å². The Morgan fingerprint density at radius 2 is 2.07 bits per heavy atom. The van der Waals surface area contributed by atoms with Crippen LogP contribution < -0.4 is 0 Å². The van der Waals surface area contributed by atoms with Crippen molar-refractivity contribution in [1.82, 2.24) is 4.98 Å². The lowest BCUT2D eigenvalue weighted by Gasteiger charge is -1.90. The number of azo groups is 1. The highest BCUT2D eigenvalue weighted by atomic mass is 16.3. The smallest absolute Gasteiger partial charge is 0.218 e. The molecule has 0 amide bonds. The summed E-state index contributed by atoms with van der Waals surface area (Å²) in [5.74, 6) is -0.00195. The number of H-pyrrole nitrogens is 1. The number of benzene rings is 1. The van der Waals surface area contributed by atoms with Gasteiger partial charge >= 0.3 is 0 Å². The predicted molar refractivity (Wildman–Crippen MR) is 56.4 cm³/mol. The number of nitrogens with zero attached hydrogens (tertiary/aromatic N) is 2. The monoisotopic (exact) mass is 205 g/mol. The summed E-state index contributed by atoms with van der Waals surface area (Å²) in [5, 5.41) is 26.5. The highest BCUT2D eigenvalue weighted by molar-refractivity contribution is 5.93. The summed E-state index contributed by atoms with van der Waals surface area (Å²) >= 11 is 0. The van der Waals surface area contributed by atoms with Crippen molar-refractivity contribution in [2.45, 2.75) is 0 Å². The van der Waals surface area contributed by atoms with Gasteiger partial charge in [0.15, 0.2) is 5.69 Å². The standard InChI is InChI=1S/C10H11N3O2/c14-6-5-11-13-9-7-3-1-2-4-8(7)12-10(9)15/h1-4,12,14-15H,5-6H2. The highest BCUT2D eigenvalue weighted by Gasteiger charge is 2.08. The molecule has 2 rings (SSSR count). The summed E-state index contributed by atoms with van der Waals surface area (Å²) in [6.45, 7) is 0.186. The fraction of sp³-hybridized carbons (Fsp3) is 0.200. The third kappa shape index (κ3) is 1.82. The van der Waals surface area contributed by atoms with Crippen LogP contribution in [-0.4, -0.2) is 28.3 Å². The van der Waals surface area contributed by atoms with Gasteiger partial charge < -0.3 is 15.2 Å². The van der Waals surface area contributed by atoms with Gasteiger partial charge in [-0.25, -0.2) is 0 Å². The highest BCUT2D eigenvalue weighted by Crippen LogP contribution is 2.34. The van der Waals surface area contributed by atoms with Gasteiger partial charge in [0.25, 0.3) is 0 Å². The molecule has 0 radical (unpaired) electrons. The van der Waals surface area contributed by atoms with E-state index in [1.165, 1.54) is 0 Å². The van der Waals surface area contributed by atoms with Crippen molar-refractivity contribution in [3.05, 3.63) is 24.3 Å². The first kappa shape index (κ1) is 9.67. The Balaban J connectivity index is 2.45. The summed E-state index contributed by atoms with van der Waals surface area (Å²) in [7, 11) is 0. The summed E-state index contributed by atoms with van der Waals surface area (Å²) < 4.78 is 0. The van der Waals surface area contributed by atoms with Gasteiger partial charge in [0.2, 0.25) is 5.88 Å². The lowest BCUT2D eigenvalue weighted by Crippen LogP contribution is -1.83. The summed E-state index contributed by atoms with van der Waals surface area (Å²) in [4.78, 5) is 2.79. The minimum atomic E-state index is -0.0490. The van der Waals surface area contributed by atoms with Gasteiger partial charge in [-0.15, -0.1) is 5.11 Å². The number of aliphatic hydroxyl groups is 1. The molecule has 1 aromatic carbocycles. The second kappa shape index (κ2) is 4.10. The fourth-order valence-electron chi connectivity index (χ4n) is 1.38. The van der Waals surface area contributed by atoms with Gasteiger partial charge in [0.05, 0.1) is 18.7 Å². The van der Waals surface area contributed by atoms with Crippen LogP contribution in [0.15, 0.2) is 34.5 Å². The Morgan fingerprint density at radius 3 is 2.87 bits per heavy atom. The number of aliphatic hydroxyl groups excluding tert-OH is 1. The van der Waals surface area contributed by atoms with Crippen molar-refractivity contribution in [2.24, 2.45) is 10.2 Å². The Hall–Kier alpha value is -1.88. The van der Waals surface area contributed by atoms with Gasteiger partial charge in [-0.2, -0.15) is 5.11 Å². The van der Waals surface area contributed by atoms with E-state index in [0.717, 1.165) is 10.9 Å². The van der Waals surface area contributed by atoms with Crippen molar-refractivity contribution in [2.75, 3.05) is 13.2 Å². The molecule has 0 aliphatic heterocycles. The molecule has 3 N–H and O–H groups in total. The number of para-hydroxylation sites is 1. The quantitative estimate of drug-likeness (QED) is 0.669. The number of rotatable bonds is 3. The molecule has 0 fully saturated rings. The van der Waals surface area contributed by atoms with E-state index in [1.807, 2.05) is 24.3 Å². The largest absolute Gasteiger partial charge is 0.493 e. The first-order valence-corrected chi connectivity index (χ1v) is 4.61. The topological polar surface area (TPSA) is 81.0 Å². The molecule has 0 atom stereocenters. The van der Waals surface area contributed by atoms with Crippen molar-refractivity contribution >= 4 is 16.6 Å². The van der Waals surface area contributed by atoms with E-state index in [2.05, 4.69) is 15.2 Å². The van der Waals surface area contributed by atoms with Crippen LogP contribution in [0.2, 0.25) is 0 Å². The number of fused-ring (bicyclic) bond motifs is 1. The Labute approximate surface area is 86.1 Å². The second-order valence-corrected chi connectivity index (χ2v) is 3.06. The lowest BCUT2D eigenvalue weighted by atomic mass is 10.2. The third-order valence-electron chi connectivity index (χ3n) is 2.03. The first-order valence-electron chi connectivity index (χ1n) is 4.61. The number of nitrogens with one attached hydrogen (secondary N) is 1. The maximum atomic E-state index is 9.56. The van der Waals surface area contributed by atoms with Crippen LogP contribution in [0.3, 0.4) is 0 Å². The van der Waals surface area contributed by atoms with Gasteiger partial charge in [0.1, 0.15) is 0 Å². The number of hydrogen-bond donors (Lipinski definition) is 3. The molecule has 0 aliphatic carbocycles. The zero-order valence-electron chi connectivity index (χ0n) is 8.01. The maximum absolute atomic E-state index is 9.56. The number of hydrogen-bond acceptors (Lipinski definition) is 4. The van der Waals surface area contributed by atoms with Gasteiger partial charge in [-0.05, 0) is 6.07 Å². The van der Waals surface area contributed by atoms with Crippen LogP contribution in [0.1, 0.15) is 0 Å². The van der Waals surface area contributed by atoms with Crippen LogP contribution >= 0.6 is 0 Å². The van der Waals surface area contributed by atoms with E-state index in [1.54, 1.807) is 0 Å². The van der Waals surface area contributed by atoms with Gasteiger partial charge in [0, 0.05) is 5.39 Å². The molecule has 5 heteroatoms. The van der Waals surface area contributed by atoms with Gasteiger partial charge in [-0.1, -0.05) is 18.2 Å². The number of aromatic hydroxyl groups is 1. The van der Waals surface area contributed by atoms with E-state index >= 15 is 0 Å². The first-order chi connectivity index (χ1) is 7.33. The predicted octanol–water partition coefficient (Wildman–Crippen LogP) is 1.95. The molecule has 0 unspecified atom stereocenters. The van der Waals surface area contributed by atoms with E-state index in [9.17, 15) is 5.11 Å². The molecule has 2 aromatic rings. The fourth-order valence-corrected chi connectivity index (χ4v) is 1.38. The number of aromatic amines is 1. The number of aromatic nitrogens is 1. The molecule has 0 saturated heterocycles. The Kier molecular flexibility index (Phi) is 2.64. The molecule has 5 nitrogen and oxygen atoms in total. The molecular formula is C10H11N3O2. The van der Waals surface area contributed by atoms with Crippen LogP contribution in [0.4, 0.5) is 5.69 Å². The second-order valence-electron chi connectivity index (χ2n) is 3.06. The molecular weight excluding hydrogens is 194 g/mol. The van der Waals surface area contributed by atoms with Crippen LogP contribution in [0.25, 0.3) is 10.9 Å². The lowest BCUT2D eigenvalue weighted by molar-refractivity contribution is 0.304. The summed E-state index contributed by atoms with van der Waals surface area (Å²) in [5.41, 5.74) is 1.23. The third-order valence-corrected chi connectivity index (χ3v) is 2.03. The van der Waals surface area contributed by atoms with Crippen molar-refractivity contribution in [3.8, 4) is 5.88 Å². The summed E-state index contributed by atoms with van der Waals surface area (Å²) in [6, 6.07) is 7.42. The van der Waals surface area contributed by atoms with Crippen molar-refractivity contribution < 1.29 is 10.2 Å². The zero-order chi connectivity index (χ0) is 10.7. The van der Waals surface area contributed by atoms with Gasteiger partial charge in [-0.3, -0.25) is 0 Å². The molecule has 0 aliphatic rings. The Morgan fingerprint density at radius 1 is 1.27 bits per heavy atom. The molecule has 0 spiro atoms. The molecule has 0 saturated carbocycles. The van der Waals surface area contributed by atoms with E-state index < -0.39 is 0 Å². The molecule has 1 aromatic heterocycles. The minimum absolute atomic E-state index is 0.00195. The zero-order valence-corrected chi connectivity index (χ0v) is 8.01. The molecule has 15 heavy (non-hydrogen) atoms. The van der Waals surface area contributed by atoms with Crippen LogP contribution in [-0.2, 0) is 0 Å². The normalized spacial score (nSPS) is 11.5. The molecule has 78 valence electrons. The maximum Gasteiger partial charge on any atom is 0.218 e. The summed E-state index contributed by atoms with van der Waals surface area (Å²) in [6.07, 6.45) is 0. The molecule has 1 heterocycles.